The smallest absolute Gasteiger partial charge is 0.255 e. The predicted octanol–water partition coefficient (Wildman–Crippen LogP) is 4.18. The van der Waals surface area contributed by atoms with E-state index in [-0.39, 0.29) is 22.6 Å². The maximum absolute atomic E-state index is 13.0. The number of nitrogens with zero attached hydrogens (tertiary/aromatic N) is 1. The molecule has 8 heteroatoms. The number of nitrogens with one attached hydrogen (secondary N) is 2. The van der Waals surface area contributed by atoms with E-state index < -0.39 is 10.0 Å². The lowest BCUT2D eigenvalue weighted by Crippen LogP contribution is -2.30. The Morgan fingerprint density at radius 3 is 2.31 bits per heavy atom. The molecule has 0 bridgehead atoms. The Kier molecular flexibility index (Phi) is 7.05. The Morgan fingerprint density at radius 2 is 1.72 bits per heavy atom. The number of sulfonamides is 1. The number of rotatable bonds is 8. The van der Waals surface area contributed by atoms with Crippen LogP contribution in [0.25, 0.3) is 0 Å². The van der Waals surface area contributed by atoms with E-state index >= 15 is 0 Å². The van der Waals surface area contributed by atoms with Crippen LogP contribution in [0.15, 0.2) is 41.3 Å². The Morgan fingerprint density at radius 1 is 1.06 bits per heavy atom. The van der Waals surface area contributed by atoms with Gasteiger partial charge in [-0.3, -0.25) is 9.59 Å². The number of amides is 2. The average Bonchev–Trinajstić information content (AvgIpc) is 3.48. The molecule has 2 aromatic carbocycles. The molecule has 7 nitrogen and oxygen atoms in total. The van der Waals surface area contributed by atoms with E-state index in [4.69, 9.17) is 0 Å². The van der Waals surface area contributed by atoms with Gasteiger partial charge in [0, 0.05) is 35.9 Å². The van der Waals surface area contributed by atoms with Crippen molar-refractivity contribution in [1.82, 2.24) is 4.31 Å². The summed E-state index contributed by atoms with van der Waals surface area (Å²) in [4.78, 5) is 25.3. The van der Waals surface area contributed by atoms with Crippen LogP contribution >= 0.6 is 0 Å². The monoisotopic (exact) mass is 457 g/mol. The van der Waals surface area contributed by atoms with Crippen molar-refractivity contribution in [3.05, 3.63) is 53.1 Å². The van der Waals surface area contributed by atoms with E-state index in [1.54, 1.807) is 44.2 Å². The number of hydrogen-bond acceptors (Lipinski definition) is 4. The van der Waals surface area contributed by atoms with Gasteiger partial charge in [-0.25, -0.2) is 8.42 Å². The summed E-state index contributed by atoms with van der Waals surface area (Å²) in [7, 11) is -3.66. The van der Waals surface area contributed by atoms with Crippen LogP contribution in [0.2, 0.25) is 0 Å². The van der Waals surface area contributed by atoms with E-state index in [1.165, 1.54) is 10.4 Å². The number of hydrogen-bond donors (Lipinski definition) is 2. The van der Waals surface area contributed by atoms with Crippen LogP contribution < -0.4 is 10.6 Å². The second kappa shape index (κ2) is 9.42. The Hall–Kier alpha value is -2.71. The Balaban J connectivity index is 1.84. The van der Waals surface area contributed by atoms with Crippen LogP contribution in [-0.2, 0) is 14.8 Å². The summed E-state index contributed by atoms with van der Waals surface area (Å²) in [5.74, 6) is 0.0257. The van der Waals surface area contributed by atoms with Crippen molar-refractivity contribution >= 4 is 33.2 Å². The standard InChI is InChI=1S/C24H31N3O4S/c1-6-27(7-2)32(30,31)20-11-15(3)17(5)22(14-20)26-23(28)18-9-8-10-19(13-18)25-24(29)21-12-16(21)4/h8-11,13-14,16,21H,6-7,12H2,1-5H3,(H,25,29)(H,26,28). The molecular weight excluding hydrogens is 426 g/mol. The average molecular weight is 458 g/mol. The van der Waals surface area contributed by atoms with Gasteiger partial charge in [-0.2, -0.15) is 4.31 Å². The molecule has 0 radical (unpaired) electrons. The molecule has 2 unspecified atom stereocenters. The molecule has 3 rings (SSSR count). The van der Waals surface area contributed by atoms with Gasteiger partial charge < -0.3 is 10.6 Å². The van der Waals surface area contributed by atoms with Crippen LogP contribution in [-0.4, -0.2) is 37.6 Å². The molecule has 1 aliphatic carbocycles. The third-order valence-electron chi connectivity index (χ3n) is 6.07. The third kappa shape index (κ3) is 5.02. The van der Waals surface area contributed by atoms with Gasteiger partial charge >= 0.3 is 0 Å². The molecule has 0 aromatic heterocycles. The first-order valence-corrected chi connectivity index (χ1v) is 12.4. The van der Waals surface area contributed by atoms with E-state index in [0.29, 0.717) is 35.9 Å². The molecule has 0 aliphatic heterocycles. The summed E-state index contributed by atoms with van der Waals surface area (Å²) < 4.78 is 27.3. The minimum Gasteiger partial charge on any atom is -0.326 e. The second-order valence-electron chi connectivity index (χ2n) is 8.35. The third-order valence-corrected chi connectivity index (χ3v) is 8.10. The van der Waals surface area contributed by atoms with Crippen LogP contribution in [0.1, 0.15) is 48.7 Å². The zero-order valence-electron chi connectivity index (χ0n) is 19.2. The Labute approximate surface area is 190 Å². The van der Waals surface area contributed by atoms with Gasteiger partial charge in [0.1, 0.15) is 0 Å². The molecule has 1 saturated carbocycles. The zero-order valence-corrected chi connectivity index (χ0v) is 20.0. The highest BCUT2D eigenvalue weighted by atomic mass is 32.2. The largest absolute Gasteiger partial charge is 0.326 e. The normalized spacial score (nSPS) is 17.8. The number of carbonyl (C=O) groups is 2. The molecule has 0 spiro atoms. The van der Waals surface area contributed by atoms with Crippen LogP contribution in [0, 0.1) is 25.7 Å². The molecule has 32 heavy (non-hydrogen) atoms. The summed E-state index contributed by atoms with van der Waals surface area (Å²) in [6.07, 6.45) is 0.886. The number of anilines is 2. The quantitative estimate of drug-likeness (QED) is 0.622. The number of benzene rings is 2. The molecule has 2 atom stereocenters. The van der Waals surface area contributed by atoms with Gasteiger partial charge in [0.25, 0.3) is 5.91 Å². The fraction of sp³-hybridized carbons (Fsp3) is 0.417. The molecule has 1 fully saturated rings. The highest BCUT2D eigenvalue weighted by Gasteiger charge is 2.39. The summed E-state index contributed by atoms with van der Waals surface area (Å²) in [5.41, 5.74) is 2.95. The van der Waals surface area contributed by atoms with Crippen molar-refractivity contribution in [2.24, 2.45) is 11.8 Å². The summed E-state index contributed by atoms with van der Waals surface area (Å²) in [5, 5.41) is 5.71. The lowest BCUT2D eigenvalue weighted by atomic mass is 10.1. The summed E-state index contributed by atoms with van der Waals surface area (Å²) >= 11 is 0. The Bertz CT molecular complexity index is 1140. The maximum Gasteiger partial charge on any atom is 0.255 e. The van der Waals surface area contributed by atoms with E-state index in [0.717, 1.165) is 17.5 Å². The first-order valence-electron chi connectivity index (χ1n) is 10.9. The molecule has 2 N–H and O–H groups in total. The lowest BCUT2D eigenvalue weighted by Gasteiger charge is -2.20. The fourth-order valence-electron chi connectivity index (χ4n) is 3.67. The summed E-state index contributed by atoms with van der Waals surface area (Å²) in [6.45, 7) is 10.0. The van der Waals surface area contributed by atoms with Gasteiger partial charge in [0.2, 0.25) is 15.9 Å². The van der Waals surface area contributed by atoms with Crippen molar-refractivity contribution < 1.29 is 18.0 Å². The van der Waals surface area contributed by atoms with Crippen molar-refractivity contribution in [3.8, 4) is 0 Å². The van der Waals surface area contributed by atoms with E-state index in [9.17, 15) is 18.0 Å². The molecule has 172 valence electrons. The maximum atomic E-state index is 13.0. The van der Waals surface area contributed by atoms with Gasteiger partial charge in [-0.15, -0.1) is 0 Å². The van der Waals surface area contributed by atoms with Gasteiger partial charge in [0.05, 0.1) is 4.90 Å². The van der Waals surface area contributed by atoms with Crippen molar-refractivity contribution in [3.63, 3.8) is 0 Å². The zero-order chi connectivity index (χ0) is 23.6. The molecule has 0 heterocycles. The number of aryl methyl sites for hydroxylation is 1. The number of carbonyl (C=O) groups excluding carboxylic acids is 2. The topological polar surface area (TPSA) is 95.6 Å². The first kappa shape index (κ1) is 23.9. The molecule has 1 aliphatic rings. The van der Waals surface area contributed by atoms with Crippen molar-refractivity contribution in [1.29, 1.82) is 0 Å². The fourth-order valence-corrected chi connectivity index (χ4v) is 5.24. The molecule has 2 aromatic rings. The van der Waals surface area contributed by atoms with Crippen LogP contribution in [0.4, 0.5) is 11.4 Å². The highest BCUT2D eigenvalue weighted by molar-refractivity contribution is 7.89. The minimum absolute atomic E-state index is 0.0316. The highest BCUT2D eigenvalue weighted by Crippen LogP contribution is 2.38. The predicted molar refractivity (Wildman–Crippen MR) is 126 cm³/mol. The van der Waals surface area contributed by atoms with Crippen molar-refractivity contribution in [2.75, 3.05) is 23.7 Å². The van der Waals surface area contributed by atoms with E-state index in [2.05, 4.69) is 10.6 Å². The SMILES string of the molecule is CCN(CC)S(=O)(=O)c1cc(C)c(C)c(NC(=O)c2cccc(NC(=O)C3CC3C)c2)c1. The van der Waals surface area contributed by atoms with Gasteiger partial charge in [0.15, 0.2) is 0 Å². The first-order chi connectivity index (χ1) is 15.1. The molecule has 2 amide bonds. The van der Waals surface area contributed by atoms with E-state index in [1.807, 2.05) is 20.8 Å². The second-order valence-corrected chi connectivity index (χ2v) is 10.3. The van der Waals surface area contributed by atoms with Gasteiger partial charge in [-0.05, 0) is 67.6 Å². The lowest BCUT2D eigenvalue weighted by molar-refractivity contribution is -0.117. The summed E-state index contributed by atoms with van der Waals surface area (Å²) in [6, 6.07) is 9.87. The van der Waals surface area contributed by atoms with Gasteiger partial charge in [-0.1, -0.05) is 26.8 Å². The van der Waals surface area contributed by atoms with Crippen LogP contribution in [0.5, 0.6) is 0 Å². The molecular formula is C24H31N3O4S. The minimum atomic E-state index is -3.66. The van der Waals surface area contributed by atoms with Crippen molar-refractivity contribution in [2.45, 2.75) is 45.9 Å². The molecule has 0 saturated heterocycles. The van der Waals surface area contributed by atoms with Crippen LogP contribution in [0.3, 0.4) is 0 Å².